The van der Waals surface area contributed by atoms with Crippen molar-refractivity contribution >= 4 is 17.2 Å². The highest BCUT2D eigenvalue weighted by atomic mass is 32.1. The third-order valence-corrected chi connectivity index (χ3v) is 3.04. The van der Waals surface area contributed by atoms with Gasteiger partial charge in [-0.3, -0.25) is 0 Å². The molecule has 1 aromatic carbocycles. The van der Waals surface area contributed by atoms with Crippen LogP contribution in [-0.4, -0.2) is 11.1 Å². The fourth-order valence-corrected chi connectivity index (χ4v) is 1.90. The van der Waals surface area contributed by atoms with E-state index in [9.17, 15) is 0 Å². The summed E-state index contributed by atoms with van der Waals surface area (Å²) in [5.41, 5.74) is 7.61. The van der Waals surface area contributed by atoms with E-state index in [0.29, 0.717) is 11.1 Å². The SMILES string of the molecule is Cc1cc(OC2CCC2)ccc1C(N)=S. The highest BCUT2D eigenvalue weighted by molar-refractivity contribution is 7.80. The molecule has 0 radical (unpaired) electrons. The molecule has 0 unspecified atom stereocenters. The standard InChI is InChI=1S/C12H15NOS/c1-8-7-10(14-9-3-2-4-9)5-6-11(8)12(13)15/h5-7,9H,2-4H2,1H3,(H2,13,15). The van der Waals surface area contributed by atoms with Gasteiger partial charge in [0.15, 0.2) is 0 Å². The molecule has 1 aliphatic carbocycles. The van der Waals surface area contributed by atoms with E-state index in [1.54, 1.807) is 0 Å². The van der Waals surface area contributed by atoms with Crippen LogP contribution in [0.2, 0.25) is 0 Å². The van der Waals surface area contributed by atoms with E-state index >= 15 is 0 Å². The van der Waals surface area contributed by atoms with E-state index in [2.05, 4.69) is 0 Å². The van der Waals surface area contributed by atoms with Crippen molar-refractivity contribution in [2.45, 2.75) is 32.3 Å². The number of aryl methyl sites for hydroxylation is 1. The maximum atomic E-state index is 5.78. The first-order chi connectivity index (χ1) is 7.16. The molecule has 1 fully saturated rings. The number of hydrogen-bond acceptors (Lipinski definition) is 2. The Labute approximate surface area is 95.4 Å². The van der Waals surface area contributed by atoms with Crippen molar-refractivity contribution in [3.63, 3.8) is 0 Å². The molecule has 15 heavy (non-hydrogen) atoms. The zero-order valence-corrected chi connectivity index (χ0v) is 9.64. The Balaban J connectivity index is 2.13. The van der Waals surface area contributed by atoms with Crippen LogP contribution in [-0.2, 0) is 0 Å². The molecule has 3 heteroatoms. The predicted octanol–water partition coefficient (Wildman–Crippen LogP) is 2.56. The maximum absolute atomic E-state index is 5.78. The van der Waals surface area contributed by atoms with Gasteiger partial charge in [-0.2, -0.15) is 0 Å². The van der Waals surface area contributed by atoms with Crippen molar-refractivity contribution in [3.05, 3.63) is 29.3 Å². The third-order valence-electron chi connectivity index (χ3n) is 2.82. The van der Waals surface area contributed by atoms with Gasteiger partial charge in [0.1, 0.15) is 10.7 Å². The number of hydrogen-bond donors (Lipinski definition) is 1. The van der Waals surface area contributed by atoms with E-state index in [1.807, 2.05) is 25.1 Å². The van der Waals surface area contributed by atoms with Gasteiger partial charge in [0, 0.05) is 5.56 Å². The van der Waals surface area contributed by atoms with Gasteiger partial charge in [0.05, 0.1) is 6.10 Å². The van der Waals surface area contributed by atoms with Crippen LogP contribution in [0, 0.1) is 6.92 Å². The highest BCUT2D eigenvalue weighted by Crippen LogP contribution is 2.26. The molecule has 0 atom stereocenters. The van der Waals surface area contributed by atoms with Crippen molar-refractivity contribution in [3.8, 4) is 5.75 Å². The van der Waals surface area contributed by atoms with Crippen molar-refractivity contribution in [2.24, 2.45) is 5.73 Å². The van der Waals surface area contributed by atoms with E-state index in [-0.39, 0.29) is 0 Å². The molecular formula is C12H15NOS. The van der Waals surface area contributed by atoms with Crippen LogP contribution in [0.4, 0.5) is 0 Å². The minimum atomic E-state index is 0.417. The van der Waals surface area contributed by atoms with E-state index in [4.69, 9.17) is 22.7 Å². The van der Waals surface area contributed by atoms with Crippen LogP contribution >= 0.6 is 12.2 Å². The minimum Gasteiger partial charge on any atom is -0.490 e. The first-order valence-electron chi connectivity index (χ1n) is 5.24. The Bertz CT molecular complexity index is 385. The molecule has 0 heterocycles. The summed E-state index contributed by atoms with van der Waals surface area (Å²) >= 11 is 4.95. The summed E-state index contributed by atoms with van der Waals surface area (Å²) in [6.07, 6.45) is 4.06. The van der Waals surface area contributed by atoms with Crippen molar-refractivity contribution < 1.29 is 4.74 Å². The monoisotopic (exact) mass is 221 g/mol. The molecular weight excluding hydrogens is 206 g/mol. The lowest BCUT2D eigenvalue weighted by Crippen LogP contribution is -2.24. The summed E-state index contributed by atoms with van der Waals surface area (Å²) in [5.74, 6) is 0.928. The molecule has 1 saturated carbocycles. The molecule has 1 aliphatic rings. The lowest BCUT2D eigenvalue weighted by molar-refractivity contribution is 0.120. The van der Waals surface area contributed by atoms with Gasteiger partial charge in [-0.25, -0.2) is 0 Å². The number of rotatable bonds is 3. The Morgan fingerprint density at radius 3 is 2.67 bits per heavy atom. The van der Waals surface area contributed by atoms with Gasteiger partial charge in [0.2, 0.25) is 0 Å². The molecule has 2 nitrogen and oxygen atoms in total. The van der Waals surface area contributed by atoms with Gasteiger partial charge in [0.25, 0.3) is 0 Å². The quantitative estimate of drug-likeness (QED) is 0.797. The Morgan fingerprint density at radius 2 is 2.20 bits per heavy atom. The topological polar surface area (TPSA) is 35.2 Å². The van der Waals surface area contributed by atoms with Gasteiger partial charge in [-0.15, -0.1) is 0 Å². The molecule has 0 amide bonds. The van der Waals surface area contributed by atoms with Crippen molar-refractivity contribution in [1.29, 1.82) is 0 Å². The van der Waals surface area contributed by atoms with Crippen LogP contribution in [0.5, 0.6) is 5.75 Å². The van der Waals surface area contributed by atoms with Gasteiger partial charge in [-0.05, 0) is 49.9 Å². The lowest BCUT2D eigenvalue weighted by Gasteiger charge is -2.26. The van der Waals surface area contributed by atoms with E-state index < -0.39 is 0 Å². The van der Waals surface area contributed by atoms with Crippen LogP contribution in [0.15, 0.2) is 18.2 Å². The molecule has 0 aliphatic heterocycles. The summed E-state index contributed by atoms with van der Waals surface area (Å²) in [4.78, 5) is 0.447. The van der Waals surface area contributed by atoms with Crippen LogP contribution < -0.4 is 10.5 Å². The number of thiocarbonyl (C=S) groups is 1. The number of nitrogens with two attached hydrogens (primary N) is 1. The van der Waals surface area contributed by atoms with Gasteiger partial charge in [-0.1, -0.05) is 12.2 Å². The second-order valence-electron chi connectivity index (χ2n) is 4.01. The molecule has 1 aromatic rings. The molecule has 0 spiro atoms. The van der Waals surface area contributed by atoms with Gasteiger partial charge < -0.3 is 10.5 Å². The predicted molar refractivity (Wildman–Crippen MR) is 65.3 cm³/mol. The fourth-order valence-electron chi connectivity index (χ4n) is 1.67. The second-order valence-corrected chi connectivity index (χ2v) is 4.45. The number of ether oxygens (including phenoxy) is 1. The first kappa shape index (κ1) is 10.4. The van der Waals surface area contributed by atoms with Crippen LogP contribution in [0.1, 0.15) is 30.4 Å². The van der Waals surface area contributed by atoms with E-state index in [0.717, 1.165) is 16.9 Å². The molecule has 80 valence electrons. The average Bonchev–Trinajstić information content (AvgIpc) is 2.11. The summed E-state index contributed by atoms with van der Waals surface area (Å²) in [6, 6.07) is 5.89. The van der Waals surface area contributed by atoms with Crippen LogP contribution in [0.25, 0.3) is 0 Å². The van der Waals surface area contributed by atoms with Crippen molar-refractivity contribution in [2.75, 3.05) is 0 Å². The summed E-state index contributed by atoms with van der Waals surface area (Å²) in [7, 11) is 0. The summed E-state index contributed by atoms with van der Waals surface area (Å²) in [5, 5.41) is 0. The summed E-state index contributed by atoms with van der Waals surface area (Å²) in [6.45, 7) is 2.00. The van der Waals surface area contributed by atoms with Crippen LogP contribution in [0.3, 0.4) is 0 Å². The van der Waals surface area contributed by atoms with Crippen molar-refractivity contribution in [1.82, 2.24) is 0 Å². The maximum Gasteiger partial charge on any atom is 0.120 e. The summed E-state index contributed by atoms with van der Waals surface area (Å²) < 4.78 is 5.78. The second kappa shape index (κ2) is 4.19. The highest BCUT2D eigenvalue weighted by Gasteiger charge is 2.19. The molecule has 0 bridgehead atoms. The largest absolute Gasteiger partial charge is 0.490 e. The minimum absolute atomic E-state index is 0.417. The first-order valence-corrected chi connectivity index (χ1v) is 5.65. The molecule has 0 saturated heterocycles. The van der Waals surface area contributed by atoms with E-state index in [1.165, 1.54) is 19.3 Å². The molecule has 0 aromatic heterocycles. The zero-order valence-electron chi connectivity index (χ0n) is 8.82. The smallest absolute Gasteiger partial charge is 0.120 e. The molecule has 2 N–H and O–H groups in total. The average molecular weight is 221 g/mol. The lowest BCUT2D eigenvalue weighted by atomic mass is 9.96. The Hall–Kier alpha value is -1.09. The zero-order chi connectivity index (χ0) is 10.8. The third kappa shape index (κ3) is 2.29. The molecule has 2 rings (SSSR count). The normalized spacial score (nSPS) is 15.8. The number of benzene rings is 1. The Kier molecular flexibility index (Phi) is 2.91. The fraction of sp³-hybridized carbons (Fsp3) is 0.417. The Morgan fingerprint density at radius 1 is 1.47 bits per heavy atom. The van der Waals surface area contributed by atoms with Gasteiger partial charge >= 0.3 is 0 Å².